The fraction of sp³-hybridized carbons (Fsp3) is 0.800. The van der Waals surface area contributed by atoms with E-state index in [1.807, 2.05) is 0 Å². The zero-order valence-electron chi connectivity index (χ0n) is 9.97. The second-order valence-electron chi connectivity index (χ2n) is 4.89. The van der Waals surface area contributed by atoms with E-state index in [0.717, 1.165) is 0 Å². The molecule has 0 N–H and O–H groups in total. The van der Waals surface area contributed by atoms with E-state index in [0.29, 0.717) is 0 Å². The Morgan fingerprint density at radius 1 is 1.41 bits per heavy atom. The molecule has 0 aromatic heterocycles. The average Bonchev–Trinajstić information content (AvgIpc) is 2.90. The van der Waals surface area contributed by atoms with Gasteiger partial charge in [0.15, 0.2) is 6.61 Å². The first kappa shape index (κ1) is 13.4. The molecular weight excluding hydrogens is 230 g/mol. The van der Waals surface area contributed by atoms with Crippen LogP contribution in [-0.4, -0.2) is 35.1 Å². The Morgan fingerprint density at radius 2 is 2.00 bits per heavy atom. The Labute approximate surface area is 98.2 Å². The fourth-order valence-corrected chi connectivity index (χ4v) is 1.28. The van der Waals surface area contributed by atoms with Gasteiger partial charge in [0.25, 0.3) is 0 Å². The highest BCUT2D eigenvalue weighted by atomic mass is 16.6. The van der Waals surface area contributed by atoms with E-state index in [4.69, 9.17) is 4.74 Å². The highest BCUT2D eigenvalue weighted by Gasteiger charge is 2.54. The van der Waals surface area contributed by atoms with Crippen LogP contribution < -0.4 is 0 Å². The topological polar surface area (TPSA) is 95.7 Å². The number of carbonyl (C=O) groups excluding carboxylic acids is 2. The Kier molecular flexibility index (Phi) is 3.69. The van der Waals surface area contributed by atoms with Crippen LogP contribution >= 0.6 is 0 Å². The Bertz CT molecular complexity index is 345. The van der Waals surface area contributed by atoms with Gasteiger partial charge in [-0.05, 0) is 20.8 Å². The largest absolute Gasteiger partial charge is 0.457 e. The zero-order chi connectivity index (χ0) is 13.2. The normalized spacial score (nSPS) is 22.8. The number of nitrogens with zero attached hydrogens (tertiary/aromatic N) is 1. The van der Waals surface area contributed by atoms with Gasteiger partial charge in [0.05, 0.1) is 0 Å². The SMILES string of the molecule is CC(C)(C)OC(=O)COC(=O)C1CC1[N+](=O)[O-]. The summed E-state index contributed by atoms with van der Waals surface area (Å²) in [6.45, 7) is 4.57. The Balaban J connectivity index is 2.26. The van der Waals surface area contributed by atoms with Crippen LogP contribution in [-0.2, 0) is 19.1 Å². The third-order valence-electron chi connectivity index (χ3n) is 2.08. The number of rotatable bonds is 4. The van der Waals surface area contributed by atoms with E-state index in [9.17, 15) is 19.7 Å². The molecule has 2 unspecified atom stereocenters. The van der Waals surface area contributed by atoms with Crippen LogP contribution in [0.4, 0.5) is 0 Å². The molecule has 0 heterocycles. The van der Waals surface area contributed by atoms with Crippen molar-refractivity contribution < 1.29 is 24.0 Å². The monoisotopic (exact) mass is 245 g/mol. The summed E-state index contributed by atoms with van der Waals surface area (Å²) in [5.74, 6) is -2.09. The van der Waals surface area contributed by atoms with Crippen molar-refractivity contribution in [1.82, 2.24) is 0 Å². The summed E-state index contributed by atoms with van der Waals surface area (Å²) in [5, 5.41) is 10.3. The van der Waals surface area contributed by atoms with E-state index in [2.05, 4.69) is 4.74 Å². The number of esters is 2. The van der Waals surface area contributed by atoms with Gasteiger partial charge < -0.3 is 9.47 Å². The number of ether oxygens (including phenoxy) is 2. The Morgan fingerprint density at radius 3 is 2.41 bits per heavy atom. The molecule has 96 valence electrons. The summed E-state index contributed by atoms with van der Waals surface area (Å²) in [7, 11) is 0. The van der Waals surface area contributed by atoms with Gasteiger partial charge in [0.2, 0.25) is 6.04 Å². The van der Waals surface area contributed by atoms with E-state index >= 15 is 0 Å². The lowest BCUT2D eigenvalue weighted by molar-refractivity contribution is -0.497. The van der Waals surface area contributed by atoms with Crippen molar-refractivity contribution in [2.45, 2.75) is 38.8 Å². The third-order valence-corrected chi connectivity index (χ3v) is 2.08. The molecule has 1 aliphatic rings. The first-order valence-corrected chi connectivity index (χ1v) is 5.22. The highest BCUT2D eigenvalue weighted by molar-refractivity contribution is 5.80. The summed E-state index contributed by atoms with van der Waals surface area (Å²) in [5.41, 5.74) is -0.646. The molecule has 0 bridgehead atoms. The molecule has 0 saturated heterocycles. The van der Waals surface area contributed by atoms with Crippen molar-refractivity contribution in [3.05, 3.63) is 10.1 Å². The summed E-state index contributed by atoms with van der Waals surface area (Å²) < 4.78 is 9.55. The van der Waals surface area contributed by atoms with Crippen LogP contribution in [0.3, 0.4) is 0 Å². The molecule has 2 atom stereocenters. The van der Waals surface area contributed by atoms with Crippen LogP contribution in [0.1, 0.15) is 27.2 Å². The van der Waals surface area contributed by atoms with Crippen LogP contribution in [0.15, 0.2) is 0 Å². The van der Waals surface area contributed by atoms with Gasteiger partial charge in [-0.1, -0.05) is 0 Å². The number of nitro groups is 1. The molecule has 0 spiro atoms. The van der Waals surface area contributed by atoms with Gasteiger partial charge in [0.1, 0.15) is 11.5 Å². The lowest BCUT2D eigenvalue weighted by Crippen LogP contribution is -2.28. The lowest BCUT2D eigenvalue weighted by atomic mass is 10.2. The van der Waals surface area contributed by atoms with Crippen LogP contribution in [0.2, 0.25) is 0 Å². The molecule has 1 aliphatic carbocycles. The molecule has 0 aromatic rings. The molecule has 0 aromatic carbocycles. The minimum atomic E-state index is -0.860. The molecule has 0 radical (unpaired) electrons. The van der Waals surface area contributed by atoms with E-state index < -0.39 is 41.0 Å². The maximum Gasteiger partial charge on any atom is 0.344 e. The lowest BCUT2D eigenvalue weighted by Gasteiger charge is -2.19. The predicted octanol–water partition coefficient (Wildman–Crippen LogP) is 0.536. The summed E-state index contributed by atoms with van der Waals surface area (Å²) in [6.07, 6.45) is 0.181. The number of hydrogen-bond acceptors (Lipinski definition) is 6. The highest BCUT2D eigenvalue weighted by Crippen LogP contribution is 2.34. The van der Waals surface area contributed by atoms with Crippen molar-refractivity contribution >= 4 is 11.9 Å². The van der Waals surface area contributed by atoms with E-state index in [1.165, 1.54) is 0 Å². The maximum absolute atomic E-state index is 11.3. The van der Waals surface area contributed by atoms with Gasteiger partial charge in [0, 0.05) is 11.3 Å². The van der Waals surface area contributed by atoms with Crippen molar-refractivity contribution in [2.75, 3.05) is 6.61 Å². The van der Waals surface area contributed by atoms with E-state index in [-0.39, 0.29) is 6.42 Å². The second-order valence-corrected chi connectivity index (χ2v) is 4.89. The molecule has 0 amide bonds. The molecule has 0 aliphatic heterocycles. The second kappa shape index (κ2) is 4.68. The first-order chi connectivity index (χ1) is 7.70. The van der Waals surface area contributed by atoms with Crippen molar-refractivity contribution in [2.24, 2.45) is 5.92 Å². The zero-order valence-corrected chi connectivity index (χ0v) is 9.97. The standard InChI is InChI=1S/C10H15NO6/c1-10(2,3)17-8(12)5-16-9(13)6-4-7(6)11(14)15/h6-7H,4-5H2,1-3H3. The summed E-state index contributed by atoms with van der Waals surface area (Å²) in [6, 6.07) is -0.860. The van der Waals surface area contributed by atoms with Gasteiger partial charge in [-0.3, -0.25) is 14.9 Å². The molecule has 1 saturated carbocycles. The number of carbonyl (C=O) groups is 2. The molecule has 17 heavy (non-hydrogen) atoms. The van der Waals surface area contributed by atoms with Gasteiger partial charge in [-0.15, -0.1) is 0 Å². The third kappa shape index (κ3) is 4.38. The molecule has 1 rings (SSSR count). The first-order valence-electron chi connectivity index (χ1n) is 5.22. The van der Waals surface area contributed by atoms with Gasteiger partial charge in [-0.25, -0.2) is 4.79 Å². The molecule has 7 heteroatoms. The van der Waals surface area contributed by atoms with Crippen LogP contribution in [0.5, 0.6) is 0 Å². The summed E-state index contributed by atoms with van der Waals surface area (Å²) >= 11 is 0. The average molecular weight is 245 g/mol. The summed E-state index contributed by atoms with van der Waals surface area (Å²) in [4.78, 5) is 32.2. The van der Waals surface area contributed by atoms with E-state index in [1.54, 1.807) is 20.8 Å². The quantitative estimate of drug-likeness (QED) is 0.407. The minimum Gasteiger partial charge on any atom is -0.457 e. The minimum absolute atomic E-state index is 0.181. The van der Waals surface area contributed by atoms with Crippen LogP contribution in [0, 0.1) is 16.0 Å². The smallest absolute Gasteiger partial charge is 0.344 e. The number of hydrogen-bond donors (Lipinski definition) is 0. The van der Waals surface area contributed by atoms with Crippen LogP contribution in [0.25, 0.3) is 0 Å². The maximum atomic E-state index is 11.3. The van der Waals surface area contributed by atoms with Crippen molar-refractivity contribution in [3.8, 4) is 0 Å². The molecular formula is C10H15NO6. The van der Waals surface area contributed by atoms with Crippen molar-refractivity contribution in [3.63, 3.8) is 0 Å². The van der Waals surface area contributed by atoms with Gasteiger partial charge in [-0.2, -0.15) is 0 Å². The molecule has 7 nitrogen and oxygen atoms in total. The van der Waals surface area contributed by atoms with Crippen molar-refractivity contribution in [1.29, 1.82) is 0 Å². The van der Waals surface area contributed by atoms with Gasteiger partial charge >= 0.3 is 11.9 Å². The Hall–Kier alpha value is -1.66. The fourth-order valence-electron chi connectivity index (χ4n) is 1.28. The predicted molar refractivity (Wildman–Crippen MR) is 55.7 cm³/mol. The molecule has 1 fully saturated rings.